The first-order valence-electron chi connectivity index (χ1n) is 6.80. The molecule has 1 atom stereocenters. The molecule has 3 fully saturated rings. The van der Waals surface area contributed by atoms with Crippen molar-refractivity contribution in [3.05, 3.63) is 0 Å². The molecule has 1 saturated carbocycles. The quantitative estimate of drug-likeness (QED) is 0.700. The summed E-state index contributed by atoms with van der Waals surface area (Å²) < 4.78 is 5.50. The molecule has 0 aromatic carbocycles. The summed E-state index contributed by atoms with van der Waals surface area (Å²) in [5.41, 5.74) is 0. The molecule has 3 aliphatic rings. The van der Waals surface area contributed by atoms with E-state index in [1.165, 1.54) is 12.8 Å². The number of carbonyl (C=O) groups is 2. The van der Waals surface area contributed by atoms with Crippen LogP contribution in [-0.2, 0) is 14.3 Å². The average Bonchev–Trinajstić information content (AvgIpc) is 3.10. The number of amides is 2. The Morgan fingerprint density at radius 3 is 2.56 bits per heavy atom. The lowest BCUT2D eigenvalue weighted by Crippen LogP contribution is -2.59. The number of nitrogens with zero attached hydrogens (tertiary/aromatic N) is 2. The highest BCUT2D eigenvalue weighted by Gasteiger charge is 2.43. The number of hydrogen-bond acceptors (Lipinski definition) is 3. The minimum atomic E-state index is 0.0215. The van der Waals surface area contributed by atoms with Gasteiger partial charge in [-0.3, -0.25) is 9.59 Å². The summed E-state index contributed by atoms with van der Waals surface area (Å²) in [5, 5.41) is 0. The monoisotopic (exact) mass is 252 g/mol. The first-order valence-corrected chi connectivity index (χ1v) is 6.80. The van der Waals surface area contributed by atoms with Gasteiger partial charge in [0.05, 0.1) is 25.2 Å². The van der Waals surface area contributed by atoms with Crippen molar-refractivity contribution in [2.45, 2.75) is 25.8 Å². The van der Waals surface area contributed by atoms with Crippen LogP contribution < -0.4 is 0 Å². The number of morpholine rings is 1. The van der Waals surface area contributed by atoms with Crippen LogP contribution in [0, 0.1) is 11.8 Å². The third kappa shape index (κ3) is 2.11. The number of ether oxygens (including phenoxy) is 1. The smallest absolute Gasteiger partial charge is 0.229 e. The minimum Gasteiger partial charge on any atom is -0.377 e. The van der Waals surface area contributed by atoms with Crippen molar-refractivity contribution in [3.63, 3.8) is 0 Å². The van der Waals surface area contributed by atoms with Crippen LogP contribution in [0.5, 0.6) is 0 Å². The molecule has 5 heteroatoms. The molecule has 2 amide bonds. The molecule has 0 radical (unpaired) electrons. The maximum atomic E-state index is 12.4. The van der Waals surface area contributed by atoms with Crippen molar-refractivity contribution in [3.8, 4) is 0 Å². The molecule has 2 aliphatic heterocycles. The molecule has 3 rings (SSSR count). The second kappa shape index (κ2) is 4.53. The zero-order valence-corrected chi connectivity index (χ0v) is 10.8. The molecule has 1 aliphatic carbocycles. The lowest BCUT2D eigenvalue weighted by Gasteiger charge is -2.43. The fourth-order valence-electron chi connectivity index (χ4n) is 2.89. The van der Waals surface area contributed by atoms with Crippen molar-refractivity contribution in [2.24, 2.45) is 11.8 Å². The van der Waals surface area contributed by atoms with E-state index in [-0.39, 0.29) is 23.8 Å². The Hall–Kier alpha value is -1.10. The third-order valence-electron chi connectivity index (χ3n) is 4.29. The van der Waals surface area contributed by atoms with Crippen LogP contribution in [0.25, 0.3) is 0 Å². The number of rotatable bonds is 2. The van der Waals surface area contributed by atoms with Crippen LogP contribution >= 0.6 is 0 Å². The standard InChI is InChI=1S/C13H20N2O3/c1-9(16)14-6-11(7-14)13(17)15-4-5-18-8-12(15)10-2-3-10/h10-12H,2-8H2,1H3. The summed E-state index contributed by atoms with van der Waals surface area (Å²) >= 11 is 0. The Kier molecular flexibility index (Phi) is 3.01. The SMILES string of the molecule is CC(=O)N1CC(C(=O)N2CCOCC2C2CC2)C1. The lowest BCUT2D eigenvalue weighted by molar-refractivity contribution is -0.154. The van der Waals surface area contributed by atoms with E-state index < -0.39 is 0 Å². The van der Waals surface area contributed by atoms with Crippen molar-refractivity contribution < 1.29 is 14.3 Å². The third-order valence-corrected chi connectivity index (χ3v) is 4.29. The summed E-state index contributed by atoms with van der Waals surface area (Å²) in [4.78, 5) is 27.3. The van der Waals surface area contributed by atoms with E-state index >= 15 is 0 Å². The highest BCUT2D eigenvalue weighted by atomic mass is 16.5. The molecule has 0 spiro atoms. The van der Waals surface area contributed by atoms with E-state index in [1.807, 2.05) is 4.90 Å². The first kappa shape index (κ1) is 12.0. The van der Waals surface area contributed by atoms with E-state index in [9.17, 15) is 9.59 Å². The van der Waals surface area contributed by atoms with Gasteiger partial charge in [-0.2, -0.15) is 0 Å². The van der Waals surface area contributed by atoms with Crippen LogP contribution in [0.2, 0.25) is 0 Å². The van der Waals surface area contributed by atoms with Gasteiger partial charge in [-0.05, 0) is 18.8 Å². The summed E-state index contributed by atoms with van der Waals surface area (Å²) in [6.07, 6.45) is 2.45. The number of likely N-dealkylation sites (tertiary alicyclic amines) is 1. The van der Waals surface area contributed by atoms with Crippen molar-refractivity contribution in [2.75, 3.05) is 32.8 Å². The Labute approximate surface area is 107 Å². The van der Waals surface area contributed by atoms with Gasteiger partial charge in [-0.25, -0.2) is 0 Å². The molecule has 1 unspecified atom stereocenters. The van der Waals surface area contributed by atoms with Gasteiger partial charge in [0.15, 0.2) is 0 Å². The molecule has 0 aromatic heterocycles. The maximum absolute atomic E-state index is 12.4. The molecule has 2 saturated heterocycles. The lowest BCUT2D eigenvalue weighted by atomic mass is 9.96. The molecule has 0 bridgehead atoms. The molecule has 100 valence electrons. The highest BCUT2D eigenvalue weighted by Crippen LogP contribution is 2.37. The summed E-state index contributed by atoms with van der Waals surface area (Å²) in [6.45, 7) is 4.82. The highest BCUT2D eigenvalue weighted by molar-refractivity contribution is 5.84. The molecule has 0 N–H and O–H groups in total. The van der Waals surface area contributed by atoms with E-state index in [0.29, 0.717) is 32.2 Å². The molecule has 18 heavy (non-hydrogen) atoms. The van der Waals surface area contributed by atoms with Crippen molar-refractivity contribution in [1.82, 2.24) is 9.80 Å². The zero-order chi connectivity index (χ0) is 12.7. The van der Waals surface area contributed by atoms with Crippen LogP contribution in [0.4, 0.5) is 0 Å². The van der Waals surface area contributed by atoms with Crippen LogP contribution in [0.1, 0.15) is 19.8 Å². The van der Waals surface area contributed by atoms with E-state index in [1.54, 1.807) is 11.8 Å². The van der Waals surface area contributed by atoms with Crippen LogP contribution in [0.3, 0.4) is 0 Å². The van der Waals surface area contributed by atoms with Gasteiger partial charge >= 0.3 is 0 Å². The number of carbonyl (C=O) groups excluding carboxylic acids is 2. The van der Waals surface area contributed by atoms with Gasteiger partial charge in [0.2, 0.25) is 11.8 Å². The van der Waals surface area contributed by atoms with Gasteiger partial charge in [0.1, 0.15) is 0 Å². The fourth-order valence-corrected chi connectivity index (χ4v) is 2.89. The Balaban J connectivity index is 1.59. The normalized spacial score (nSPS) is 29.1. The molecule has 0 aromatic rings. The van der Waals surface area contributed by atoms with E-state index in [2.05, 4.69) is 0 Å². The molecule has 5 nitrogen and oxygen atoms in total. The van der Waals surface area contributed by atoms with Crippen LogP contribution in [-0.4, -0.2) is 60.5 Å². The molecule has 2 heterocycles. The zero-order valence-electron chi connectivity index (χ0n) is 10.8. The minimum absolute atomic E-state index is 0.0215. The number of hydrogen-bond donors (Lipinski definition) is 0. The molecular formula is C13H20N2O3. The topological polar surface area (TPSA) is 49.9 Å². The predicted molar refractivity (Wildman–Crippen MR) is 64.8 cm³/mol. The fraction of sp³-hybridized carbons (Fsp3) is 0.846. The van der Waals surface area contributed by atoms with Gasteiger partial charge < -0.3 is 14.5 Å². The van der Waals surface area contributed by atoms with Crippen molar-refractivity contribution in [1.29, 1.82) is 0 Å². The molecular weight excluding hydrogens is 232 g/mol. The second-order valence-electron chi connectivity index (χ2n) is 5.63. The Morgan fingerprint density at radius 2 is 1.94 bits per heavy atom. The van der Waals surface area contributed by atoms with Crippen LogP contribution in [0.15, 0.2) is 0 Å². The van der Waals surface area contributed by atoms with E-state index in [4.69, 9.17) is 4.74 Å². The van der Waals surface area contributed by atoms with Crippen molar-refractivity contribution >= 4 is 11.8 Å². The van der Waals surface area contributed by atoms with Gasteiger partial charge in [0.25, 0.3) is 0 Å². The van der Waals surface area contributed by atoms with E-state index in [0.717, 1.165) is 6.54 Å². The maximum Gasteiger partial charge on any atom is 0.229 e. The van der Waals surface area contributed by atoms with Gasteiger partial charge in [-0.15, -0.1) is 0 Å². The average molecular weight is 252 g/mol. The Bertz CT molecular complexity index is 361. The summed E-state index contributed by atoms with van der Waals surface area (Å²) in [5.74, 6) is 0.971. The van der Waals surface area contributed by atoms with Gasteiger partial charge in [0, 0.05) is 26.6 Å². The second-order valence-corrected chi connectivity index (χ2v) is 5.63. The summed E-state index contributed by atoms with van der Waals surface area (Å²) in [7, 11) is 0. The largest absolute Gasteiger partial charge is 0.377 e. The first-order chi connectivity index (χ1) is 8.66. The van der Waals surface area contributed by atoms with Gasteiger partial charge in [-0.1, -0.05) is 0 Å². The Morgan fingerprint density at radius 1 is 1.22 bits per heavy atom. The summed E-state index contributed by atoms with van der Waals surface area (Å²) in [6, 6.07) is 0.289. The predicted octanol–water partition coefficient (Wildman–Crippen LogP) is 0.102.